The molecule has 0 aromatic heterocycles. The molecule has 0 saturated heterocycles. The molecular weight excluding hydrogens is 252 g/mol. The molecule has 4 nitrogen and oxygen atoms in total. The quantitative estimate of drug-likeness (QED) is 0.779. The minimum Gasteiger partial charge on any atom is -0.482 e. The molecule has 0 fully saturated rings. The van der Waals surface area contributed by atoms with Crippen LogP contribution in [0.4, 0.5) is 5.69 Å². The van der Waals surface area contributed by atoms with Gasteiger partial charge in [-0.25, -0.2) is 0 Å². The maximum atomic E-state index is 12.0. The largest absolute Gasteiger partial charge is 0.482 e. The van der Waals surface area contributed by atoms with Gasteiger partial charge in [0.2, 0.25) is 0 Å². The SMILES string of the molecule is CCCCCCCN1C(=O)COc2ccc(CN)cc21. The van der Waals surface area contributed by atoms with E-state index in [1.165, 1.54) is 25.7 Å². The predicted octanol–water partition coefficient (Wildman–Crippen LogP) is 2.84. The van der Waals surface area contributed by atoms with Crippen LogP contribution in [0, 0.1) is 0 Å². The van der Waals surface area contributed by atoms with E-state index < -0.39 is 0 Å². The van der Waals surface area contributed by atoms with Crippen molar-refractivity contribution in [3.63, 3.8) is 0 Å². The minimum atomic E-state index is 0.0437. The number of benzene rings is 1. The number of carbonyl (C=O) groups excluding carboxylic acids is 1. The first-order chi connectivity index (χ1) is 9.76. The monoisotopic (exact) mass is 276 g/mol. The lowest BCUT2D eigenvalue weighted by atomic mass is 10.1. The molecule has 2 rings (SSSR count). The van der Waals surface area contributed by atoms with Crippen LogP contribution in [0.3, 0.4) is 0 Å². The van der Waals surface area contributed by atoms with Gasteiger partial charge in [0.15, 0.2) is 6.61 Å². The third kappa shape index (κ3) is 3.51. The zero-order chi connectivity index (χ0) is 14.4. The fraction of sp³-hybridized carbons (Fsp3) is 0.562. The lowest BCUT2D eigenvalue weighted by Gasteiger charge is -2.29. The lowest BCUT2D eigenvalue weighted by Crippen LogP contribution is -2.39. The number of anilines is 1. The highest BCUT2D eigenvalue weighted by atomic mass is 16.5. The molecule has 1 heterocycles. The molecule has 0 radical (unpaired) electrons. The van der Waals surface area contributed by atoms with Crippen LogP contribution in [-0.4, -0.2) is 19.1 Å². The summed E-state index contributed by atoms with van der Waals surface area (Å²) >= 11 is 0. The average Bonchev–Trinajstić information content (AvgIpc) is 2.48. The molecule has 0 unspecified atom stereocenters. The number of amides is 1. The Balaban J connectivity index is 2.03. The van der Waals surface area contributed by atoms with Crippen LogP contribution in [0.1, 0.15) is 44.6 Å². The maximum Gasteiger partial charge on any atom is 0.265 e. The Morgan fingerprint density at radius 2 is 2.05 bits per heavy atom. The van der Waals surface area contributed by atoms with E-state index in [9.17, 15) is 4.79 Å². The summed E-state index contributed by atoms with van der Waals surface area (Å²) in [5.41, 5.74) is 7.57. The van der Waals surface area contributed by atoms with Crippen LogP contribution in [0.5, 0.6) is 5.75 Å². The Morgan fingerprint density at radius 1 is 1.25 bits per heavy atom. The van der Waals surface area contributed by atoms with E-state index in [4.69, 9.17) is 10.5 Å². The zero-order valence-corrected chi connectivity index (χ0v) is 12.2. The summed E-state index contributed by atoms with van der Waals surface area (Å²) in [7, 11) is 0. The summed E-state index contributed by atoms with van der Waals surface area (Å²) in [5, 5.41) is 0. The van der Waals surface area contributed by atoms with Gasteiger partial charge in [-0.1, -0.05) is 38.7 Å². The van der Waals surface area contributed by atoms with Crippen molar-refractivity contribution in [3.8, 4) is 5.75 Å². The molecule has 0 atom stereocenters. The molecule has 0 saturated carbocycles. The van der Waals surface area contributed by atoms with Crippen molar-refractivity contribution >= 4 is 11.6 Å². The van der Waals surface area contributed by atoms with Crippen LogP contribution in [-0.2, 0) is 11.3 Å². The second-order valence-corrected chi connectivity index (χ2v) is 5.25. The van der Waals surface area contributed by atoms with Gasteiger partial charge in [-0.15, -0.1) is 0 Å². The van der Waals surface area contributed by atoms with Crippen LogP contribution in [0.2, 0.25) is 0 Å². The number of unbranched alkanes of at least 4 members (excludes halogenated alkanes) is 4. The van der Waals surface area contributed by atoms with Crippen LogP contribution < -0.4 is 15.4 Å². The van der Waals surface area contributed by atoms with Crippen LogP contribution >= 0.6 is 0 Å². The molecule has 4 heteroatoms. The predicted molar refractivity (Wildman–Crippen MR) is 80.9 cm³/mol. The number of rotatable bonds is 7. The molecular formula is C16H24N2O2. The molecule has 20 heavy (non-hydrogen) atoms. The van der Waals surface area contributed by atoms with E-state index in [-0.39, 0.29) is 12.5 Å². The van der Waals surface area contributed by atoms with E-state index in [2.05, 4.69) is 6.92 Å². The third-order valence-corrected chi connectivity index (χ3v) is 3.69. The third-order valence-electron chi connectivity index (χ3n) is 3.69. The number of carbonyl (C=O) groups is 1. The van der Waals surface area contributed by atoms with Gasteiger partial charge in [0.1, 0.15) is 5.75 Å². The molecule has 0 spiro atoms. The number of hydrogen-bond donors (Lipinski definition) is 1. The van der Waals surface area contributed by atoms with E-state index in [0.717, 1.165) is 30.0 Å². The van der Waals surface area contributed by atoms with Crippen molar-refractivity contribution < 1.29 is 9.53 Å². The van der Waals surface area contributed by atoms with Gasteiger partial charge in [0, 0.05) is 13.1 Å². The first-order valence-electron chi connectivity index (χ1n) is 7.52. The van der Waals surface area contributed by atoms with Crippen molar-refractivity contribution in [2.45, 2.75) is 45.6 Å². The van der Waals surface area contributed by atoms with E-state index >= 15 is 0 Å². The van der Waals surface area contributed by atoms with E-state index in [1.54, 1.807) is 0 Å². The Hall–Kier alpha value is -1.55. The summed E-state index contributed by atoms with van der Waals surface area (Å²) in [6, 6.07) is 5.83. The summed E-state index contributed by atoms with van der Waals surface area (Å²) < 4.78 is 5.48. The minimum absolute atomic E-state index is 0.0437. The Labute approximate surface area is 120 Å². The normalized spacial score (nSPS) is 14.1. The van der Waals surface area contributed by atoms with Gasteiger partial charge in [0.25, 0.3) is 5.91 Å². The van der Waals surface area contributed by atoms with Crippen LogP contribution in [0.15, 0.2) is 18.2 Å². The summed E-state index contributed by atoms with van der Waals surface area (Å²) in [4.78, 5) is 13.9. The smallest absolute Gasteiger partial charge is 0.265 e. The fourth-order valence-electron chi connectivity index (χ4n) is 2.49. The Morgan fingerprint density at radius 3 is 2.80 bits per heavy atom. The number of nitrogens with two attached hydrogens (primary N) is 1. The maximum absolute atomic E-state index is 12.0. The molecule has 1 aliphatic heterocycles. The highest BCUT2D eigenvalue weighted by molar-refractivity contribution is 5.97. The molecule has 1 aromatic carbocycles. The lowest BCUT2D eigenvalue weighted by molar-refractivity contribution is -0.121. The van der Waals surface area contributed by atoms with Crippen molar-refractivity contribution in [1.82, 2.24) is 0 Å². The number of fused-ring (bicyclic) bond motifs is 1. The standard InChI is InChI=1S/C16H24N2O2/c1-2-3-4-5-6-9-18-14-10-13(11-17)7-8-15(14)20-12-16(18)19/h7-8,10H,2-6,9,11-12,17H2,1H3. The molecule has 1 amide bonds. The second-order valence-electron chi connectivity index (χ2n) is 5.25. The topological polar surface area (TPSA) is 55.6 Å². The molecule has 1 aliphatic rings. The Kier molecular flexibility index (Phi) is 5.41. The van der Waals surface area contributed by atoms with Gasteiger partial charge in [-0.2, -0.15) is 0 Å². The highest BCUT2D eigenvalue weighted by Gasteiger charge is 2.25. The first kappa shape index (κ1) is 14.9. The zero-order valence-electron chi connectivity index (χ0n) is 12.2. The van der Waals surface area contributed by atoms with Crippen molar-refractivity contribution in [3.05, 3.63) is 23.8 Å². The second kappa shape index (κ2) is 7.29. The molecule has 0 aliphatic carbocycles. The van der Waals surface area contributed by atoms with E-state index in [1.807, 2.05) is 23.1 Å². The van der Waals surface area contributed by atoms with Crippen molar-refractivity contribution in [1.29, 1.82) is 0 Å². The van der Waals surface area contributed by atoms with Gasteiger partial charge < -0.3 is 15.4 Å². The van der Waals surface area contributed by atoms with Crippen molar-refractivity contribution in [2.24, 2.45) is 5.73 Å². The molecule has 1 aromatic rings. The molecule has 110 valence electrons. The van der Waals surface area contributed by atoms with Gasteiger partial charge >= 0.3 is 0 Å². The summed E-state index contributed by atoms with van der Waals surface area (Å²) in [5.74, 6) is 0.831. The average molecular weight is 276 g/mol. The Bertz CT molecular complexity index is 460. The molecule has 0 bridgehead atoms. The first-order valence-corrected chi connectivity index (χ1v) is 7.52. The molecule has 2 N–H and O–H groups in total. The van der Waals surface area contributed by atoms with Crippen LogP contribution in [0.25, 0.3) is 0 Å². The van der Waals surface area contributed by atoms with Crippen molar-refractivity contribution in [2.75, 3.05) is 18.1 Å². The van der Waals surface area contributed by atoms with Gasteiger partial charge in [-0.3, -0.25) is 4.79 Å². The summed E-state index contributed by atoms with van der Waals surface area (Å²) in [6.45, 7) is 3.60. The number of hydrogen-bond acceptors (Lipinski definition) is 3. The number of nitrogens with zero attached hydrogens (tertiary/aromatic N) is 1. The summed E-state index contributed by atoms with van der Waals surface area (Å²) in [6.07, 6.45) is 5.96. The van der Waals surface area contributed by atoms with Gasteiger partial charge in [0.05, 0.1) is 5.69 Å². The fourth-order valence-corrected chi connectivity index (χ4v) is 2.49. The number of ether oxygens (including phenoxy) is 1. The van der Waals surface area contributed by atoms with Gasteiger partial charge in [-0.05, 0) is 24.1 Å². The van der Waals surface area contributed by atoms with E-state index in [0.29, 0.717) is 6.54 Å². The highest BCUT2D eigenvalue weighted by Crippen LogP contribution is 2.33.